The van der Waals surface area contributed by atoms with Crippen LogP contribution in [0.4, 0.5) is 5.95 Å². The molecule has 3 N–H and O–H groups in total. The quantitative estimate of drug-likeness (QED) is 0.251. The number of carbonyl (C=O) groups is 2. The fraction of sp³-hybridized carbons (Fsp3) is 0.471. The molecule has 1 atom stereocenters. The van der Waals surface area contributed by atoms with Gasteiger partial charge in [-0.2, -0.15) is 0 Å². The number of carbonyl (C=O) groups excluding carboxylic acids is 2. The predicted octanol–water partition coefficient (Wildman–Crippen LogP) is 1.28. The first-order valence-electron chi connectivity index (χ1n) is 8.67. The van der Waals surface area contributed by atoms with Crippen molar-refractivity contribution < 1.29 is 14.8 Å². The van der Waals surface area contributed by atoms with Gasteiger partial charge in [0.05, 0.1) is 18.0 Å². The lowest BCUT2D eigenvalue weighted by Crippen LogP contribution is -2.46. The van der Waals surface area contributed by atoms with E-state index >= 15 is 0 Å². The van der Waals surface area contributed by atoms with Crippen molar-refractivity contribution in [3.05, 3.63) is 24.3 Å². The number of nitrogens with zero attached hydrogens (tertiary/aromatic N) is 5. The summed E-state index contributed by atoms with van der Waals surface area (Å²) in [5, 5.41) is 18.8. The molecule has 1 saturated carbocycles. The van der Waals surface area contributed by atoms with Crippen molar-refractivity contribution in [2.45, 2.75) is 32.1 Å². The van der Waals surface area contributed by atoms with Crippen molar-refractivity contribution >= 4 is 29.3 Å². The second-order valence-corrected chi connectivity index (χ2v) is 6.62. The van der Waals surface area contributed by atoms with Crippen LogP contribution in [0.5, 0.6) is 0 Å². The van der Waals surface area contributed by atoms with Crippen LogP contribution in [0.1, 0.15) is 32.1 Å². The maximum absolute atomic E-state index is 12.9. The normalized spacial score (nSPS) is 15.8. The first-order chi connectivity index (χ1) is 12.6. The lowest BCUT2D eigenvalue weighted by molar-refractivity contribution is -0.154. The average molecular weight is 358 g/mol. The topological polar surface area (TPSA) is 126 Å². The minimum atomic E-state index is -0.631. The number of fused-ring (bicyclic) bond motifs is 1. The van der Waals surface area contributed by atoms with Crippen molar-refractivity contribution in [2.24, 2.45) is 17.7 Å². The number of aromatic nitrogens is 3. The number of rotatable bonds is 7. The number of benzene rings is 1. The number of para-hydroxylation sites is 1. The third-order valence-electron chi connectivity index (χ3n) is 4.77. The molecule has 1 heterocycles. The average Bonchev–Trinajstić information content (AvgIpc) is 3.18. The lowest BCUT2D eigenvalue weighted by atomic mass is 9.92. The molecule has 138 valence electrons. The van der Waals surface area contributed by atoms with Gasteiger partial charge in [-0.3, -0.25) is 14.8 Å². The summed E-state index contributed by atoms with van der Waals surface area (Å²) in [7, 11) is 0. The Morgan fingerprint density at radius 2 is 1.96 bits per heavy atom. The number of hydroxylamine groups is 2. The second kappa shape index (κ2) is 8.15. The summed E-state index contributed by atoms with van der Waals surface area (Å²) in [6.45, 7) is -0.118. The summed E-state index contributed by atoms with van der Waals surface area (Å²) in [4.78, 5) is 27.9. The van der Waals surface area contributed by atoms with Gasteiger partial charge in [-0.1, -0.05) is 37.8 Å². The molecule has 0 radical (unpaired) electrons. The van der Waals surface area contributed by atoms with Crippen LogP contribution in [0.25, 0.3) is 11.0 Å². The molecule has 0 spiro atoms. The van der Waals surface area contributed by atoms with E-state index in [2.05, 4.69) is 15.2 Å². The van der Waals surface area contributed by atoms with Crippen LogP contribution in [-0.4, -0.2) is 44.3 Å². The van der Waals surface area contributed by atoms with Gasteiger partial charge >= 0.3 is 0 Å². The molecular formula is C17H22N6O3. The van der Waals surface area contributed by atoms with Crippen molar-refractivity contribution in [1.82, 2.24) is 20.2 Å². The van der Waals surface area contributed by atoms with E-state index in [1.165, 1.54) is 0 Å². The predicted molar refractivity (Wildman–Crippen MR) is 93.6 cm³/mol. The maximum Gasteiger partial charge on any atom is 0.267 e. The molecule has 1 fully saturated rings. The third-order valence-corrected chi connectivity index (χ3v) is 4.77. The number of amides is 2. The van der Waals surface area contributed by atoms with Crippen molar-refractivity contribution in [3.8, 4) is 0 Å². The number of hydrogen-bond acceptors (Lipinski definition) is 7. The zero-order chi connectivity index (χ0) is 18.5. The summed E-state index contributed by atoms with van der Waals surface area (Å²) in [6, 6.07) is 7.14. The standard InChI is InChI=1S/C17H22N6O3/c18-23(17-19-14-7-3-4-8-15(14)20-21-17)16(25)13(10-22(26)11-24)9-12-5-1-2-6-12/h3-4,7-8,11-13,26H,1-2,5-6,9-10,18H2/t13-/m1/s1. The van der Waals surface area contributed by atoms with Gasteiger partial charge in [0.2, 0.25) is 12.3 Å². The summed E-state index contributed by atoms with van der Waals surface area (Å²) in [6.07, 6.45) is 5.17. The number of anilines is 1. The molecular weight excluding hydrogens is 336 g/mol. The molecule has 26 heavy (non-hydrogen) atoms. The first-order valence-corrected chi connectivity index (χ1v) is 8.67. The van der Waals surface area contributed by atoms with Crippen molar-refractivity contribution in [3.63, 3.8) is 0 Å². The highest BCUT2D eigenvalue weighted by Gasteiger charge is 2.30. The van der Waals surface area contributed by atoms with Crippen molar-refractivity contribution in [1.29, 1.82) is 0 Å². The van der Waals surface area contributed by atoms with E-state index < -0.39 is 11.8 Å². The van der Waals surface area contributed by atoms with E-state index in [9.17, 15) is 14.8 Å². The van der Waals surface area contributed by atoms with Crippen LogP contribution in [0.3, 0.4) is 0 Å². The van der Waals surface area contributed by atoms with Gasteiger partial charge in [0, 0.05) is 0 Å². The van der Waals surface area contributed by atoms with E-state index in [-0.39, 0.29) is 18.9 Å². The number of nitrogens with two attached hydrogens (primary N) is 1. The molecule has 1 aliphatic carbocycles. The second-order valence-electron chi connectivity index (χ2n) is 6.62. The van der Waals surface area contributed by atoms with E-state index in [4.69, 9.17) is 5.84 Å². The van der Waals surface area contributed by atoms with Crippen LogP contribution in [-0.2, 0) is 9.59 Å². The zero-order valence-electron chi connectivity index (χ0n) is 14.4. The SMILES string of the molecule is NN(C(=O)[C@H](CC1CCCC1)CN(O)C=O)c1nnc2ccccc2n1. The van der Waals surface area contributed by atoms with Gasteiger partial charge in [0.1, 0.15) is 5.52 Å². The minimum Gasteiger partial charge on any atom is -0.286 e. The summed E-state index contributed by atoms with van der Waals surface area (Å²) < 4.78 is 0. The summed E-state index contributed by atoms with van der Waals surface area (Å²) >= 11 is 0. The van der Waals surface area contributed by atoms with E-state index in [1.807, 2.05) is 6.07 Å². The molecule has 9 nitrogen and oxygen atoms in total. The van der Waals surface area contributed by atoms with E-state index in [0.717, 1.165) is 30.7 Å². The Kier molecular flexibility index (Phi) is 5.69. The van der Waals surface area contributed by atoms with Gasteiger partial charge in [-0.05, 0) is 24.5 Å². The molecule has 1 aromatic carbocycles. The summed E-state index contributed by atoms with van der Waals surface area (Å²) in [5.41, 5.74) is 1.17. The third kappa shape index (κ3) is 4.12. The molecule has 2 amide bonds. The van der Waals surface area contributed by atoms with E-state index in [0.29, 0.717) is 28.4 Å². The highest BCUT2D eigenvalue weighted by Crippen LogP contribution is 2.31. The van der Waals surface area contributed by atoms with Gasteiger partial charge in [-0.15, -0.1) is 10.2 Å². The molecule has 0 unspecified atom stereocenters. The number of hydrogen-bond donors (Lipinski definition) is 2. The monoisotopic (exact) mass is 358 g/mol. The fourth-order valence-corrected chi connectivity index (χ4v) is 3.44. The van der Waals surface area contributed by atoms with Crippen LogP contribution in [0.2, 0.25) is 0 Å². The Bertz CT molecular complexity index is 780. The molecule has 0 bridgehead atoms. The minimum absolute atomic E-state index is 0.0132. The summed E-state index contributed by atoms with van der Waals surface area (Å²) in [5.74, 6) is 5.24. The van der Waals surface area contributed by atoms with E-state index in [1.54, 1.807) is 18.2 Å². The Labute approximate surface area is 150 Å². The maximum atomic E-state index is 12.9. The van der Waals surface area contributed by atoms with Gasteiger partial charge < -0.3 is 0 Å². The highest BCUT2D eigenvalue weighted by atomic mass is 16.5. The molecule has 1 aromatic heterocycles. The molecule has 3 rings (SSSR count). The molecule has 9 heteroatoms. The van der Waals surface area contributed by atoms with Gasteiger partial charge in [0.15, 0.2) is 0 Å². The van der Waals surface area contributed by atoms with Crippen LogP contribution >= 0.6 is 0 Å². The molecule has 1 aliphatic rings. The Hall–Kier alpha value is -2.65. The lowest BCUT2D eigenvalue weighted by Gasteiger charge is -2.25. The van der Waals surface area contributed by atoms with Crippen LogP contribution in [0, 0.1) is 11.8 Å². The smallest absolute Gasteiger partial charge is 0.267 e. The Balaban J connectivity index is 1.79. The zero-order valence-corrected chi connectivity index (χ0v) is 14.4. The van der Waals surface area contributed by atoms with Gasteiger partial charge in [0.25, 0.3) is 5.95 Å². The van der Waals surface area contributed by atoms with Crippen LogP contribution in [0.15, 0.2) is 24.3 Å². The Morgan fingerprint density at radius 1 is 1.27 bits per heavy atom. The highest BCUT2D eigenvalue weighted by molar-refractivity contribution is 5.93. The fourth-order valence-electron chi connectivity index (χ4n) is 3.44. The van der Waals surface area contributed by atoms with Crippen LogP contribution < -0.4 is 10.9 Å². The Morgan fingerprint density at radius 3 is 2.65 bits per heavy atom. The first kappa shape index (κ1) is 18.2. The van der Waals surface area contributed by atoms with Crippen molar-refractivity contribution in [2.75, 3.05) is 11.6 Å². The molecule has 0 aliphatic heterocycles. The number of hydrazine groups is 1. The molecule has 0 saturated heterocycles. The molecule has 2 aromatic rings. The largest absolute Gasteiger partial charge is 0.286 e. The van der Waals surface area contributed by atoms with Gasteiger partial charge in [-0.25, -0.2) is 20.9 Å².